The van der Waals surface area contributed by atoms with E-state index < -0.39 is 0 Å². The molecule has 0 heterocycles. The minimum atomic E-state index is 0.546. The molecule has 0 aliphatic rings. The van der Waals surface area contributed by atoms with Crippen LogP contribution in [0.3, 0.4) is 0 Å². The second-order valence-electron chi connectivity index (χ2n) is 2.43. The molecule has 3 heteroatoms. The summed E-state index contributed by atoms with van der Waals surface area (Å²) >= 11 is 17.7. The summed E-state index contributed by atoms with van der Waals surface area (Å²) in [6.07, 6.45) is 1.53. The lowest BCUT2D eigenvalue weighted by Crippen LogP contribution is -1.87. The van der Waals surface area contributed by atoms with Gasteiger partial charge >= 0.3 is 0 Å². The van der Waals surface area contributed by atoms with Gasteiger partial charge in [-0.25, -0.2) is 0 Å². The molecule has 1 aromatic rings. The van der Waals surface area contributed by atoms with Crippen LogP contribution in [-0.2, 0) is 6.42 Å². The van der Waals surface area contributed by atoms with Gasteiger partial charge in [-0.05, 0) is 30.5 Å². The van der Waals surface area contributed by atoms with Crippen LogP contribution in [0.1, 0.15) is 12.0 Å². The van der Waals surface area contributed by atoms with Crippen LogP contribution in [0.2, 0.25) is 15.1 Å². The summed E-state index contributed by atoms with van der Waals surface area (Å²) in [5, 5.41) is 1.75. The summed E-state index contributed by atoms with van der Waals surface area (Å²) in [5.74, 6) is 0. The van der Waals surface area contributed by atoms with Crippen LogP contribution in [0.4, 0.5) is 0 Å². The SMILES string of the molecule is [CH2]CCc1c(Cl)ccc(Cl)c1Cl. The molecule has 0 bridgehead atoms. The average Bonchev–Trinajstić information content (AvgIpc) is 2.06. The third-order valence-electron chi connectivity index (χ3n) is 1.57. The fraction of sp³-hybridized carbons (Fsp3) is 0.222. The third kappa shape index (κ3) is 2.07. The second kappa shape index (κ2) is 4.36. The molecule has 0 spiro atoms. The molecule has 0 atom stereocenters. The van der Waals surface area contributed by atoms with E-state index in [1.165, 1.54) is 0 Å². The van der Waals surface area contributed by atoms with Gasteiger partial charge in [-0.2, -0.15) is 0 Å². The van der Waals surface area contributed by atoms with Gasteiger partial charge in [-0.15, -0.1) is 0 Å². The van der Waals surface area contributed by atoms with Crippen molar-refractivity contribution >= 4 is 34.8 Å². The van der Waals surface area contributed by atoms with E-state index in [4.69, 9.17) is 34.8 Å². The van der Waals surface area contributed by atoms with Crippen molar-refractivity contribution in [1.29, 1.82) is 0 Å². The summed E-state index contributed by atoms with van der Waals surface area (Å²) in [6.45, 7) is 3.73. The Hall–Kier alpha value is 0.0900. The highest BCUT2D eigenvalue weighted by Gasteiger charge is 2.07. The molecule has 1 aromatic carbocycles. The van der Waals surface area contributed by atoms with Crippen LogP contribution < -0.4 is 0 Å². The first kappa shape index (κ1) is 10.2. The molecule has 0 aromatic heterocycles. The Bertz CT molecular complexity index is 281. The van der Waals surface area contributed by atoms with Crippen molar-refractivity contribution in [2.24, 2.45) is 0 Å². The van der Waals surface area contributed by atoms with Crippen LogP contribution in [0.5, 0.6) is 0 Å². The van der Waals surface area contributed by atoms with E-state index in [2.05, 4.69) is 6.92 Å². The standard InChI is InChI=1S/C9H8Cl3/c1-2-3-6-7(10)4-5-8(11)9(6)12/h4-5H,1-3H2. The largest absolute Gasteiger partial charge is 0.0840 e. The Morgan fingerprint density at radius 1 is 1.08 bits per heavy atom. The fourth-order valence-electron chi connectivity index (χ4n) is 0.975. The van der Waals surface area contributed by atoms with Gasteiger partial charge in [0.25, 0.3) is 0 Å². The summed E-state index contributed by atoms with van der Waals surface area (Å²) in [5.41, 5.74) is 0.890. The van der Waals surface area contributed by atoms with Crippen molar-refractivity contribution in [3.05, 3.63) is 39.7 Å². The Kier molecular flexibility index (Phi) is 3.70. The zero-order valence-corrected chi connectivity index (χ0v) is 8.68. The van der Waals surface area contributed by atoms with E-state index >= 15 is 0 Å². The molecule has 0 N–H and O–H groups in total. The molecule has 12 heavy (non-hydrogen) atoms. The van der Waals surface area contributed by atoms with Crippen LogP contribution in [0.25, 0.3) is 0 Å². The highest BCUT2D eigenvalue weighted by atomic mass is 35.5. The van der Waals surface area contributed by atoms with E-state index in [1.54, 1.807) is 12.1 Å². The van der Waals surface area contributed by atoms with E-state index in [-0.39, 0.29) is 0 Å². The number of hydrogen-bond donors (Lipinski definition) is 0. The first-order valence-corrected chi connectivity index (χ1v) is 4.72. The molecule has 1 radical (unpaired) electrons. The first-order valence-electron chi connectivity index (χ1n) is 3.58. The maximum atomic E-state index is 5.93. The van der Waals surface area contributed by atoms with E-state index in [9.17, 15) is 0 Å². The molecule has 1 rings (SSSR count). The van der Waals surface area contributed by atoms with E-state index in [1.807, 2.05) is 0 Å². The summed E-state index contributed by atoms with van der Waals surface area (Å²) in [7, 11) is 0. The molecular formula is C9H8Cl3. The lowest BCUT2D eigenvalue weighted by molar-refractivity contribution is 1.000. The maximum Gasteiger partial charge on any atom is 0.0639 e. The molecule has 65 valence electrons. The molecule has 0 aliphatic carbocycles. The Morgan fingerprint density at radius 2 is 1.67 bits per heavy atom. The minimum Gasteiger partial charge on any atom is -0.0840 e. The highest BCUT2D eigenvalue weighted by molar-refractivity contribution is 6.44. The van der Waals surface area contributed by atoms with Gasteiger partial charge in [0.2, 0.25) is 0 Å². The Morgan fingerprint density at radius 3 is 2.25 bits per heavy atom. The first-order chi connectivity index (χ1) is 5.66. The van der Waals surface area contributed by atoms with Crippen molar-refractivity contribution in [3.63, 3.8) is 0 Å². The fourth-order valence-corrected chi connectivity index (χ4v) is 1.71. The van der Waals surface area contributed by atoms with Crippen molar-refractivity contribution in [2.75, 3.05) is 0 Å². The smallest absolute Gasteiger partial charge is 0.0639 e. The molecular weight excluding hydrogens is 214 g/mol. The van der Waals surface area contributed by atoms with Crippen LogP contribution >= 0.6 is 34.8 Å². The zero-order valence-electron chi connectivity index (χ0n) is 6.41. The molecule has 0 aliphatic heterocycles. The van der Waals surface area contributed by atoms with Gasteiger partial charge in [-0.3, -0.25) is 0 Å². The number of benzene rings is 1. The van der Waals surface area contributed by atoms with Crippen molar-refractivity contribution in [2.45, 2.75) is 12.8 Å². The zero-order chi connectivity index (χ0) is 9.14. The van der Waals surface area contributed by atoms with Crippen LogP contribution in [0.15, 0.2) is 12.1 Å². The lowest BCUT2D eigenvalue weighted by Gasteiger charge is -2.06. The quantitative estimate of drug-likeness (QED) is 0.650. The molecule has 0 saturated heterocycles. The normalized spacial score (nSPS) is 10.3. The van der Waals surface area contributed by atoms with Crippen molar-refractivity contribution in [1.82, 2.24) is 0 Å². The van der Waals surface area contributed by atoms with Gasteiger partial charge in [0.05, 0.1) is 10.0 Å². The Labute approximate surface area is 87.4 Å². The van der Waals surface area contributed by atoms with Crippen molar-refractivity contribution < 1.29 is 0 Å². The molecule has 0 saturated carbocycles. The predicted octanol–water partition coefficient (Wildman–Crippen LogP) is 4.41. The lowest BCUT2D eigenvalue weighted by atomic mass is 10.1. The Balaban J connectivity index is 3.14. The van der Waals surface area contributed by atoms with E-state index in [0.717, 1.165) is 18.4 Å². The van der Waals surface area contributed by atoms with E-state index in [0.29, 0.717) is 15.1 Å². The molecule has 0 nitrogen and oxygen atoms in total. The minimum absolute atomic E-state index is 0.546. The monoisotopic (exact) mass is 221 g/mol. The van der Waals surface area contributed by atoms with Crippen LogP contribution in [-0.4, -0.2) is 0 Å². The van der Waals surface area contributed by atoms with Gasteiger partial charge in [-0.1, -0.05) is 41.7 Å². The maximum absolute atomic E-state index is 5.93. The highest BCUT2D eigenvalue weighted by Crippen LogP contribution is 2.31. The number of rotatable bonds is 2. The van der Waals surface area contributed by atoms with Crippen LogP contribution in [0, 0.1) is 6.92 Å². The second-order valence-corrected chi connectivity index (χ2v) is 3.62. The third-order valence-corrected chi connectivity index (χ3v) is 2.76. The van der Waals surface area contributed by atoms with Gasteiger partial charge in [0.1, 0.15) is 0 Å². The molecule has 0 fully saturated rings. The predicted molar refractivity (Wildman–Crippen MR) is 55.2 cm³/mol. The van der Waals surface area contributed by atoms with Gasteiger partial charge < -0.3 is 0 Å². The van der Waals surface area contributed by atoms with Crippen molar-refractivity contribution in [3.8, 4) is 0 Å². The summed E-state index contributed by atoms with van der Waals surface area (Å²) in [4.78, 5) is 0. The average molecular weight is 223 g/mol. The van der Waals surface area contributed by atoms with Gasteiger partial charge in [0, 0.05) is 5.02 Å². The topological polar surface area (TPSA) is 0 Å². The number of hydrogen-bond acceptors (Lipinski definition) is 0. The molecule has 0 amide bonds. The number of halogens is 3. The molecule has 0 unspecified atom stereocenters. The van der Waals surface area contributed by atoms with Gasteiger partial charge in [0.15, 0.2) is 0 Å². The summed E-state index contributed by atoms with van der Waals surface area (Å²) in [6, 6.07) is 3.44. The summed E-state index contributed by atoms with van der Waals surface area (Å²) < 4.78 is 0.